The number of thiocarbonyl (C=S) groups is 1. The Hall–Kier alpha value is -1.70. The number of hydrogen-bond acceptors (Lipinski definition) is 4. The van der Waals surface area contributed by atoms with Crippen molar-refractivity contribution in [3.05, 3.63) is 53.5 Å². The Kier molecular flexibility index (Phi) is 4.46. The van der Waals surface area contributed by atoms with E-state index < -0.39 is 16.1 Å². The van der Waals surface area contributed by atoms with Gasteiger partial charge in [-0.25, -0.2) is 13.1 Å². The zero-order valence-electron chi connectivity index (χ0n) is 11.7. The Bertz CT molecular complexity index is 753. The van der Waals surface area contributed by atoms with Gasteiger partial charge in [0.1, 0.15) is 10.7 Å². The van der Waals surface area contributed by atoms with Crippen LogP contribution in [-0.4, -0.2) is 13.4 Å². The number of nitrogens with one attached hydrogen (secondary N) is 1. The maximum absolute atomic E-state index is 12.5. The zero-order valence-corrected chi connectivity index (χ0v) is 13.3. The number of benzene rings is 1. The third-order valence-electron chi connectivity index (χ3n) is 3.06. The van der Waals surface area contributed by atoms with Crippen LogP contribution in [0, 0.1) is 6.92 Å². The van der Waals surface area contributed by atoms with E-state index in [1.165, 1.54) is 12.3 Å². The first-order chi connectivity index (χ1) is 9.81. The Balaban J connectivity index is 2.35. The van der Waals surface area contributed by atoms with Gasteiger partial charge in [0, 0.05) is 5.56 Å². The summed E-state index contributed by atoms with van der Waals surface area (Å²) in [6, 6.07) is 7.81. The minimum Gasteiger partial charge on any atom is -0.468 e. The van der Waals surface area contributed by atoms with Crippen molar-refractivity contribution in [3.63, 3.8) is 0 Å². The molecule has 7 heteroatoms. The van der Waals surface area contributed by atoms with Gasteiger partial charge in [-0.1, -0.05) is 24.4 Å². The van der Waals surface area contributed by atoms with Crippen LogP contribution in [0.3, 0.4) is 0 Å². The molecule has 1 heterocycles. The molecule has 0 fully saturated rings. The van der Waals surface area contributed by atoms with E-state index in [-0.39, 0.29) is 9.88 Å². The predicted molar refractivity (Wildman–Crippen MR) is 84.5 cm³/mol. The van der Waals surface area contributed by atoms with Gasteiger partial charge >= 0.3 is 0 Å². The smallest absolute Gasteiger partial charge is 0.241 e. The summed E-state index contributed by atoms with van der Waals surface area (Å²) in [5, 5.41) is 0. The molecule has 1 aromatic carbocycles. The fourth-order valence-corrected chi connectivity index (χ4v) is 3.54. The molecule has 0 aliphatic rings. The molecular formula is C14H16N2O3S2. The molecule has 1 atom stereocenters. The van der Waals surface area contributed by atoms with Gasteiger partial charge in [-0.2, -0.15) is 0 Å². The maximum Gasteiger partial charge on any atom is 0.241 e. The SMILES string of the molecule is Cc1ccc(C(N)=S)cc1S(=O)(=O)NC(C)c1ccco1. The number of hydrogen-bond donors (Lipinski definition) is 2. The fourth-order valence-electron chi connectivity index (χ4n) is 1.93. The summed E-state index contributed by atoms with van der Waals surface area (Å²) >= 11 is 4.89. The van der Waals surface area contributed by atoms with Gasteiger partial charge < -0.3 is 10.2 Å². The van der Waals surface area contributed by atoms with Gasteiger partial charge in [-0.3, -0.25) is 0 Å². The third-order valence-corrected chi connectivity index (χ3v) is 4.98. The highest BCUT2D eigenvalue weighted by molar-refractivity contribution is 7.89. The van der Waals surface area contributed by atoms with E-state index in [9.17, 15) is 8.42 Å². The molecule has 0 bridgehead atoms. The first kappa shape index (κ1) is 15.7. The van der Waals surface area contributed by atoms with Crippen molar-refractivity contribution in [3.8, 4) is 0 Å². The van der Waals surface area contributed by atoms with Crippen LogP contribution in [0.5, 0.6) is 0 Å². The third kappa shape index (κ3) is 3.49. The Morgan fingerprint density at radius 2 is 2.10 bits per heavy atom. The molecule has 1 unspecified atom stereocenters. The predicted octanol–water partition coefficient (Wildman–Crippen LogP) is 2.26. The van der Waals surface area contributed by atoms with Crippen molar-refractivity contribution in [2.24, 2.45) is 5.73 Å². The van der Waals surface area contributed by atoms with Crippen molar-refractivity contribution < 1.29 is 12.8 Å². The van der Waals surface area contributed by atoms with Crippen LogP contribution in [0.1, 0.15) is 29.9 Å². The molecule has 2 aromatic rings. The van der Waals surface area contributed by atoms with Crippen LogP contribution in [0.25, 0.3) is 0 Å². The first-order valence-corrected chi connectivity index (χ1v) is 8.16. The van der Waals surface area contributed by atoms with E-state index in [1.54, 1.807) is 38.1 Å². The summed E-state index contributed by atoms with van der Waals surface area (Å²) in [5.74, 6) is 0.543. The molecule has 0 saturated carbocycles. The van der Waals surface area contributed by atoms with E-state index in [1.807, 2.05) is 0 Å². The molecule has 0 aliphatic heterocycles. The second-order valence-electron chi connectivity index (χ2n) is 4.70. The Morgan fingerprint density at radius 3 is 2.67 bits per heavy atom. The standard InChI is InChI=1S/C14H16N2O3S2/c1-9-5-6-11(14(15)20)8-13(9)21(17,18)16-10(2)12-4-3-7-19-12/h3-8,10,16H,1-2H3,(H2,15,20). The highest BCUT2D eigenvalue weighted by atomic mass is 32.2. The molecule has 21 heavy (non-hydrogen) atoms. The second kappa shape index (κ2) is 5.97. The fraction of sp³-hybridized carbons (Fsp3) is 0.214. The van der Waals surface area contributed by atoms with Crippen LogP contribution in [-0.2, 0) is 10.0 Å². The number of rotatable bonds is 5. The van der Waals surface area contributed by atoms with Crippen molar-refractivity contribution in [2.45, 2.75) is 24.8 Å². The van der Waals surface area contributed by atoms with Gasteiger partial charge in [0.15, 0.2) is 0 Å². The number of sulfonamides is 1. The highest BCUT2D eigenvalue weighted by Crippen LogP contribution is 2.21. The minimum atomic E-state index is -3.70. The first-order valence-electron chi connectivity index (χ1n) is 6.27. The number of aryl methyl sites for hydroxylation is 1. The molecule has 112 valence electrons. The van der Waals surface area contributed by atoms with E-state index in [0.29, 0.717) is 16.9 Å². The van der Waals surface area contributed by atoms with E-state index in [4.69, 9.17) is 22.4 Å². The molecule has 0 spiro atoms. The van der Waals surface area contributed by atoms with Crippen molar-refractivity contribution in [1.82, 2.24) is 4.72 Å². The summed E-state index contributed by atoms with van der Waals surface area (Å²) < 4.78 is 32.8. The van der Waals surface area contributed by atoms with Crippen LogP contribution >= 0.6 is 12.2 Å². The number of furan rings is 1. The van der Waals surface area contributed by atoms with Gasteiger partial charge in [0.05, 0.1) is 17.2 Å². The largest absolute Gasteiger partial charge is 0.468 e. The monoisotopic (exact) mass is 324 g/mol. The summed E-state index contributed by atoms with van der Waals surface area (Å²) in [7, 11) is -3.70. The Labute approximate surface area is 129 Å². The average Bonchev–Trinajstić information content (AvgIpc) is 2.92. The molecular weight excluding hydrogens is 308 g/mol. The summed E-state index contributed by atoms with van der Waals surface area (Å²) in [6.45, 7) is 3.43. The quantitative estimate of drug-likeness (QED) is 0.824. The van der Waals surface area contributed by atoms with Gasteiger partial charge in [-0.05, 0) is 37.6 Å². The normalized spacial score (nSPS) is 13.0. The van der Waals surface area contributed by atoms with E-state index >= 15 is 0 Å². The van der Waals surface area contributed by atoms with Gasteiger partial charge in [0.25, 0.3) is 0 Å². The molecule has 3 N–H and O–H groups in total. The summed E-state index contributed by atoms with van der Waals surface area (Å²) in [5.41, 5.74) is 6.69. The lowest BCUT2D eigenvalue weighted by molar-refractivity contribution is 0.459. The zero-order chi connectivity index (χ0) is 15.6. The Morgan fingerprint density at radius 1 is 1.38 bits per heavy atom. The lowest BCUT2D eigenvalue weighted by Crippen LogP contribution is -2.27. The minimum absolute atomic E-state index is 0.158. The lowest BCUT2D eigenvalue weighted by Gasteiger charge is -2.14. The van der Waals surface area contributed by atoms with Crippen LogP contribution in [0.4, 0.5) is 0 Å². The van der Waals surface area contributed by atoms with Crippen molar-refractivity contribution in [2.75, 3.05) is 0 Å². The van der Waals surface area contributed by atoms with E-state index in [0.717, 1.165) is 0 Å². The average molecular weight is 324 g/mol. The van der Waals surface area contributed by atoms with Crippen LogP contribution in [0.2, 0.25) is 0 Å². The number of nitrogens with two attached hydrogens (primary N) is 1. The molecule has 5 nitrogen and oxygen atoms in total. The molecule has 0 amide bonds. The maximum atomic E-state index is 12.5. The lowest BCUT2D eigenvalue weighted by atomic mass is 10.1. The summed E-state index contributed by atoms with van der Waals surface area (Å²) in [6.07, 6.45) is 1.50. The van der Waals surface area contributed by atoms with Gasteiger partial charge in [0.2, 0.25) is 10.0 Å². The van der Waals surface area contributed by atoms with Crippen LogP contribution < -0.4 is 10.5 Å². The summed E-state index contributed by atoms with van der Waals surface area (Å²) in [4.78, 5) is 0.316. The molecule has 0 saturated heterocycles. The van der Waals surface area contributed by atoms with Gasteiger partial charge in [-0.15, -0.1) is 0 Å². The van der Waals surface area contributed by atoms with Crippen LogP contribution in [0.15, 0.2) is 45.9 Å². The molecule has 0 aliphatic carbocycles. The molecule has 0 radical (unpaired) electrons. The highest BCUT2D eigenvalue weighted by Gasteiger charge is 2.22. The van der Waals surface area contributed by atoms with E-state index in [2.05, 4.69) is 4.72 Å². The topological polar surface area (TPSA) is 85.3 Å². The van der Waals surface area contributed by atoms with Crippen molar-refractivity contribution in [1.29, 1.82) is 0 Å². The molecule has 2 rings (SSSR count). The second-order valence-corrected chi connectivity index (χ2v) is 6.83. The molecule has 1 aromatic heterocycles. The van der Waals surface area contributed by atoms with Crippen molar-refractivity contribution >= 4 is 27.2 Å².